The van der Waals surface area contributed by atoms with Crippen LogP contribution in [0.25, 0.3) is 44.3 Å². The lowest BCUT2D eigenvalue weighted by molar-refractivity contribution is -0.660. The summed E-state index contributed by atoms with van der Waals surface area (Å²) in [5, 5.41) is 12.3. The van der Waals surface area contributed by atoms with Crippen molar-refractivity contribution in [3.05, 3.63) is 89.1 Å². The normalized spacial score (nSPS) is 20.9. The molecule has 2 saturated carbocycles. The van der Waals surface area contributed by atoms with Crippen molar-refractivity contribution in [1.82, 2.24) is 0 Å². The van der Waals surface area contributed by atoms with Crippen LogP contribution >= 0.6 is 0 Å². The van der Waals surface area contributed by atoms with Crippen LogP contribution in [0.3, 0.4) is 0 Å². The maximum atomic E-state index is 10.1. The van der Waals surface area contributed by atoms with E-state index in [-0.39, 0.29) is 0 Å². The minimum atomic E-state index is 0.654. The highest BCUT2D eigenvalue weighted by molar-refractivity contribution is 6.14. The van der Waals surface area contributed by atoms with Crippen molar-refractivity contribution >= 4 is 21.9 Å². The van der Waals surface area contributed by atoms with E-state index in [0.717, 1.165) is 56.2 Å². The zero-order chi connectivity index (χ0) is 27.4. The van der Waals surface area contributed by atoms with E-state index in [1.54, 1.807) is 0 Å². The molecule has 0 N–H and O–H groups in total. The third-order valence-electron chi connectivity index (χ3n) is 9.91. The third kappa shape index (κ3) is 4.13. The largest absolute Gasteiger partial charge is 0.454 e. The summed E-state index contributed by atoms with van der Waals surface area (Å²) in [4.78, 5) is 0. The second kappa shape index (κ2) is 9.93. The number of benzene rings is 3. The first kappa shape index (κ1) is 25.1. The lowest BCUT2D eigenvalue weighted by atomic mass is 9.66. The number of nitrogens with zero attached hydrogens (tertiary/aromatic N) is 2. The highest BCUT2D eigenvalue weighted by Gasteiger charge is 2.32. The van der Waals surface area contributed by atoms with Crippen molar-refractivity contribution < 1.29 is 8.98 Å². The summed E-state index contributed by atoms with van der Waals surface area (Å²) in [6.07, 6.45) is 11.8. The highest BCUT2D eigenvalue weighted by Crippen LogP contribution is 2.47. The topological polar surface area (TPSA) is 40.8 Å². The van der Waals surface area contributed by atoms with Crippen molar-refractivity contribution in [2.45, 2.75) is 64.7 Å². The summed E-state index contributed by atoms with van der Waals surface area (Å²) in [7, 11) is 2.08. The smallest absolute Gasteiger partial charge is 0.216 e. The molecule has 3 heteroatoms. The van der Waals surface area contributed by atoms with E-state index in [0.29, 0.717) is 11.5 Å². The number of hydrogen-bond acceptors (Lipinski definition) is 2. The maximum Gasteiger partial charge on any atom is 0.216 e. The number of pyridine rings is 1. The summed E-state index contributed by atoms with van der Waals surface area (Å²) in [5.74, 6) is 2.53. The van der Waals surface area contributed by atoms with Crippen molar-refractivity contribution in [3.63, 3.8) is 0 Å². The lowest BCUT2D eigenvalue weighted by Crippen LogP contribution is -2.30. The zero-order valence-electron chi connectivity index (χ0n) is 23.8. The van der Waals surface area contributed by atoms with Gasteiger partial charge in [0.05, 0.1) is 17.2 Å². The van der Waals surface area contributed by atoms with Gasteiger partial charge in [-0.1, -0.05) is 62.1 Å². The molecule has 200 valence electrons. The van der Waals surface area contributed by atoms with Gasteiger partial charge in [-0.05, 0) is 85.3 Å². The van der Waals surface area contributed by atoms with Gasteiger partial charge in [0.2, 0.25) is 5.69 Å². The highest BCUT2D eigenvalue weighted by atomic mass is 16.3. The Kier molecular flexibility index (Phi) is 6.23. The molecule has 2 heterocycles. The number of rotatable bonds is 3. The molecule has 0 bridgehead atoms. The molecule has 0 amide bonds. The SMILES string of the molecule is Cc1cc[n+](C)c(-c2c(C)ccc3c2oc2c(-c4ccc(C5CCC6CCCCC6C5)cc4)c(C#N)ccc23)c1. The van der Waals surface area contributed by atoms with Gasteiger partial charge in [0.15, 0.2) is 6.20 Å². The predicted molar refractivity (Wildman–Crippen MR) is 162 cm³/mol. The van der Waals surface area contributed by atoms with Crippen molar-refractivity contribution in [1.29, 1.82) is 5.26 Å². The molecular weight excluding hydrogens is 488 g/mol. The Labute approximate surface area is 237 Å². The molecule has 2 aromatic heterocycles. The average Bonchev–Trinajstić information content (AvgIpc) is 3.36. The molecular formula is C37H37N2O+. The first-order valence-corrected chi connectivity index (χ1v) is 15.0. The Morgan fingerprint density at radius 1 is 0.800 bits per heavy atom. The second-order valence-corrected chi connectivity index (χ2v) is 12.3. The van der Waals surface area contributed by atoms with Crippen LogP contribution in [0.1, 0.15) is 73.1 Å². The van der Waals surface area contributed by atoms with E-state index in [2.05, 4.69) is 92.3 Å². The van der Waals surface area contributed by atoms with Crippen LogP contribution in [0, 0.1) is 37.0 Å². The molecule has 7 rings (SSSR count). The summed E-state index contributed by atoms with van der Waals surface area (Å²) in [6, 6.07) is 24.2. The number of furan rings is 1. The standard InChI is InChI=1S/C37H37N2O/c1-23-18-19-39(3)33(20-23)34-24(2)8-16-31-32-17-15-30(22-38)35(37(32)40-36(31)34)27-12-9-26(10-13-27)29-14-11-25-6-4-5-7-28(25)21-29/h8-10,12-13,15-20,25,28-29H,4-7,11,14,21H2,1-3H3/q+1. The summed E-state index contributed by atoms with van der Waals surface area (Å²) in [6.45, 7) is 4.27. The number of nitriles is 1. The molecule has 0 saturated heterocycles. The van der Waals surface area contributed by atoms with Gasteiger partial charge in [0.1, 0.15) is 18.2 Å². The van der Waals surface area contributed by atoms with Crippen LogP contribution in [0.2, 0.25) is 0 Å². The van der Waals surface area contributed by atoms with Crippen LogP contribution in [0.5, 0.6) is 0 Å². The molecule has 2 aliphatic rings. The average molecular weight is 526 g/mol. The van der Waals surface area contributed by atoms with E-state index in [4.69, 9.17) is 4.42 Å². The molecule has 2 aliphatic carbocycles. The molecule has 0 aliphatic heterocycles. The Hall–Kier alpha value is -3.90. The van der Waals surface area contributed by atoms with Gasteiger partial charge >= 0.3 is 0 Å². The Balaban J connectivity index is 1.34. The van der Waals surface area contributed by atoms with Crippen molar-refractivity contribution in [3.8, 4) is 28.5 Å². The minimum Gasteiger partial charge on any atom is -0.454 e. The monoisotopic (exact) mass is 525 g/mol. The van der Waals surface area contributed by atoms with Gasteiger partial charge in [-0.15, -0.1) is 0 Å². The molecule has 40 heavy (non-hydrogen) atoms. The maximum absolute atomic E-state index is 10.1. The van der Waals surface area contributed by atoms with E-state index >= 15 is 0 Å². The van der Waals surface area contributed by atoms with Crippen LogP contribution in [-0.2, 0) is 7.05 Å². The fourth-order valence-electron chi connectivity index (χ4n) is 7.72. The van der Waals surface area contributed by atoms with E-state index in [9.17, 15) is 5.26 Å². The third-order valence-corrected chi connectivity index (χ3v) is 9.91. The molecule has 3 nitrogen and oxygen atoms in total. The summed E-state index contributed by atoms with van der Waals surface area (Å²) < 4.78 is 8.94. The van der Waals surface area contributed by atoms with Crippen LogP contribution in [0.4, 0.5) is 0 Å². The number of hydrogen-bond donors (Lipinski definition) is 0. The quantitative estimate of drug-likeness (QED) is 0.220. The zero-order valence-corrected chi connectivity index (χ0v) is 23.8. The fourth-order valence-corrected chi connectivity index (χ4v) is 7.72. The number of aromatic nitrogens is 1. The molecule has 0 spiro atoms. The molecule has 3 unspecified atom stereocenters. The first-order chi connectivity index (χ1) is 19.5. The van der Waals surface area contributed by atoms with E-state index < -0.39 is 0 Å². The van der Waals surface area contributed by atoms with E-state index in [1.807, 2.05) is 6.07 Å². The molecule has 2 fully saturated rings. The minimum absolute atomic E-state index is 0.654. The molecule has 3 aromatic carbocycles. The van der Waals surface area contributed by atoms with Crippen LogP contribution < -0.4 is 4.57 Å². The summed E-state index contributed by atoms with van der Waals surface area (Å²) >= 11 is 0. The van der Waals surface area contributed by atoms with Crippen molar-refractivity contribution in [2.24, 2.45) is 18.9 Å². The molecule has 5 aromatic rings. The summed E-state index contributed by atoms with van der Waals surface area (Å²) in [5.41, 5.74) is 10.4. The lowest BCUT2D eigenvalue weighted by Gasteiger charge is -2.39. The molecule has 3 atom stereocenters. The predicted octanol–water partition coefficient (Wildman–Crippen LogP) is 9.31. The molecule has 0 radical (unpaired) electrons. The number of aryl methyl sites for hydroxylation is 3. The Morgan fingerprint density at radius 2 is 1.52 bits per heavy atom. The Morgan fingerprint density at radius 3 is 2.30 bits per heavy atom. The fraction of sp³-hybridized carbons (Fsp3) is 0.351. The Bertz CT molecular complexity index is 1790. The van der Waals surface area contributed by atoms with Gasteiger partial charge in [0, 0.05) is 28.5 Å². The van der Waals surface area contributed by atoms with Crippen LogP contribution in [-0.4, -0.2) is 0 Å². The van der Waals surface area contributed by atoms with Crippen LogP contribution in [0.15, 0.2) is 71.3 Å². The van der Waals surface area contributed by atoms with E-state index in [1.165, 1.54) is 61.6 Å². The second-order valence-electron chi connectivity index (χ2n) is 12.3. The van der Waals surface area contributed by atoms with Gasteiger partial charge in [-0.2, -0.15) is 5.26 Å². The van der Waals surface area contributed by atoms with Crippen molar-refractivity contribution in [2.75, 3.05) is 0 Å². The van der Waals surface area contributed by atoms with Gasteiger partial charge in [-0.3, -0.25) is 0 Å². The van der Waals surface area contributed by atoms with Gasteiger partial charge in [0.25, 0.3) is 0 Å². The first-order valence-electron chi connectivity index (χ1n) is 15.0. The van der Waals surface area contributed by atoms with Gasteiger partial charge < -0.3 is 4.42 Å². The number of fused-ring (bicyclic) bond motifs is 4. The van der Waals surface area contributed by atoms with Gasteiger partial charge in [-0.25, -0.2) is 4.57 Å².